The van der Waals surface area contributed by atoms with E-state index < -0.39 is 0 Å². The molecular weight excluding hydrogens is 384 g/mol. The number of rotatable bonds is 6. The molecule has 6 rings (SSSR count). The molecule has 6 heteroatoms. The van der Waals surface area contributed by atoms with Gasteiger partial charge >= 0.3 is 0 Å². The number of aromatic nitrogens is 4. The molecule has 3 fully saturated rings. The summed E-state index contributed by atoms with van der Waals surface area (Å²) in [6, 6.07) is 4.10. The molecule has 2 bridgehead atoms. The first-order valence-corrected chi connectivity index (χ1v) is 12.1. The molecule has 0 amide bonds. The second-order valence-corrected chi connectivity index (χ2v) is 10.6. The van der Waals surface area contributed by atoms with E-state index in [-0.39, 0.29) is 0 Å². The second kappa shape index (κ2) is 7.73. The third-order valence-corrected chi connectivity index (χ3v) is 8.43. The molecule has 1 saturated heterocycles. The maximum Gasteiger partial charge on any atom is 0.148 e. The summed E-state index contributed by atoms with van der Waals surface area (Å²) >= 11 is 0. The molecule has 2 aromatic heterocycles. The lowest BCUT2D eigenvalue weighted by molar-refractivity contribution is 0.234. The molecule has 31 heavy (non-hydrogen) atoms. The van der Waals surface area contributed by atoms with E-state index in [1.807, 2.05) is 24.0 Å². The lowest BCUT2D eigenvalue weighted by atomic mass is 9.93. The maximum atomic E-state index is 4.44. The molecular formula is C25H34N6. The molecule has 164 valence electrons. The monoisotopic (exact) mass is 418 g/mol. The first-order chi connectivity index (χ1) is 15.1. The predicted octanol–water partition coefficient (Wildman–Crippen LogP) is 3.77. The van der Waals surface area contributed by atoms with Crippen LogP contribution < -0.4 is 5.32 Å². The molecule has 1 N–H and O–H groups in total. The van der Waals surface area contributed by atoms with Crippen molar-refractivity contribution in [3.8, 4) is 11.4 Å². The van der Waals surface area contributed by atoms with Crippen LogP contribution in [-0.4, -0.2) is 51.1 Å². The average molecular weight is 419 g/mol. The van der Waals surface area contributed by atoms with Crippen LogP contribution in [0.25, 0.3) is 11.4 Å². The van der Waals surface area contributed by atoms with Crippen LogP contribution in [0.15, 0.2) is 30.5 Å². The summed E-state index contributed by atoms with van der Waals surface area (Å²) in [6.07, 6.45) is 12.5. The van der Waals surface area contributed by atoms with E-state index in [1.54, 1.807) is 0 Å². The lowest BCUT2D eigenvalue weighted by Crippen LogP contribution is -2.30. The van der Waals surface area contributed by atoms with Gasteiger partial charge in [-0.05, 0) is 85.8 Å². The molecule has 2 saturated carbocycles. The Bertz CT molecular complexity index is 929. The van der Waals surface area contributed by atoms with E-state index in [0.29, 0.717) is 0 Å². The van der Waals surface area contributed by atoms with Crippen LogP contribution in [0.4, 0.5) is 5.82 Å². The van der Waals surface area contributed by atoms with Gasteiger partial charge in [-0.3, -0.25) is 4.68 Å². The SMILES string of the molecule is Cc1cnn(C)c1-c1ccc(NC[C@H]2CC3CN(CC4CC5C=CC4C5)C[C@@H]3C2)nn1. The molecule has 2 aromatic rings. The van der Waals surface area contributed by atoms with Crippen LogP contribution in [0.3, 0.4) is 0 Å². The van der Waals surface area contributed by atoms with Crippen LogP contribution >= 0.6 is 0 Å². The maximum absolute atomic E-state index is 4.44. The summed E-state index contributed by atoms with van der Waals surface area (Å²) in [4.78, 5) is 2.79. The molecule has 0 aromatic carbocycles. The fourth-order valence-electron chi connectivity index (χ4n) is 6.99. The van der Waals surface area contributed by atoms with Crippen LogP contribution in [0, 0.1) is 42.4 Å². The Morgan fingerprint density at radius 2 is 1.87 bits per heavy atom. The molecule has 3 aliphatic carbocycles. The molecule has 3 heterocycles. The van der Waals surface area contributed by atoms with Crippen molar-refractivity contribution in [2.24, 2.45) is 42.6 Å². The van der Waals surface area contributed by atoms with Crippen molar-refractivity contribution in [2.75, 3.05) is 31.5 Å². The normalized spacial score (nSPS) is 34.0. The molecule has 4 aliphatic rings. The smallest absolute Gasteiger partial charge is 0.148 e. The van der Waals surface area contributed by atoms with Gasteiger partial charge in [0.2, 0.25) is 0 Å². The Morgan fingerprint density at radius 3 is 2.48 bits per heavy atom. The summed E-state index contributed by atoms with van der Waals surface area (Å²) in [5.41, 5.74) is 3.04. The Morgan fingerprint density at radius 1 is 1.03 bits per heavy atom. The summed E-state index contributed by atoms with van der Waals surface area (Å²) in [7, 11) is 1.95. The molecule has 6 atom stereocenters. The van der Waals surface area contributed by atoms with Gasteiger partial charge in [-0.2, -0.15) is 5.10 Å². The van der Waals surface area contributed by atoms with E-state index in [1.165, 1.54) is 45.3 Å². The highest BCUT2D eigenvalue weighted by molar-refractivity contribution is 5.59. The summed E-state index contributed by atoms with van der Waals surface area (Å²) in [6.45, 7) is 7.08. The molecule has 0 spiro atoms. The minimum Gasteiger partial charge on any atom is -0.368 e. The topological polar surface area (TPSA) is 58.9 Å². The molecule has 0 radical (unpaired) electrons. The number of allylic oxidation sites excluding steroid dienone is 2. The third kappa shape index (κ3) is 3.69. The van der Waals surface area contributed by atoms with E-state index in [4.69, 9.17) is 0 Å². The molecule has 6 nitrogen and oxygen atoms in total. The van der Waals surface area contributed by atoms with Gasteiger partial charge in [0, 0.05) is 33.2 Å². The highest BCUT2D eigenvalue weighted by Crippen LogP contribution is 2.46. The Kier molecular flexibility index (Phi) is 4.86. The van der Waals surface area contributed by atoms with Crippen molar-refractivity contribution in [2.45, 2.75) is 32.6 Å². The van der Waals surface area contributed by atoms with Gasteiger partial charge < -0.3 is 10.2 Å². The number of hydrogen-bond acceptors (Lipinski definition) is 5. The fraction of sp³-hybridized carbons (Fsp3) is 0.640. The van der Waals surface area contributed by atoms with E-state index in [9.17, 15) is 0 Å². The van der Waals surface area contributed by atoms with Crippen LogP contribution in [0.5, 0.6) is 0 Å². The third-order valence-electron chi connectivity index (χ3n) is 8.43. The molecule has 1 aliphatic heterocycles. The number of likely N-dealkylation sites (tertiary alicyclic amines) is 1. The van der Waals surface area contributed by atoms with Gasteiger partial charge in [0.15, 0.2) is 0 Å². The minimum absolute atomic E-state index is 0.767. The molecule has 4 unspecified atom stereocenters. The minimum atomic E-state index is 0.767. The number of hydrogen-bond donors (Lipinski definition) is 1. The number of nitrogens with zero attached hydrogens (tertiary/aromatic N) is 5. The average Bonchev–Trinajstić information content (AvgIpc) is 3.56. The van der Waals surface area contributed by atoms with E-state index in [0.717, 1.165) is 64.8 Å². The highest BCUT2D eigenvalue weighted by atomic mass is 15.3. The van der Waals surface area contributed by atoms with Crippen LogP contribution in [0.2, 0.25) is 0 Å². The first-order valence-electron chi connectivity index (χ1n) is 12.1. The zero-order valence-corrected chi connectivity index (χ0v) is 18.7. The summed E-state index contributed by atoms with van der Waals surface area (Å²) in [5.74, 6) is 6.18. The highest BCUT2D eigenvalue weighted by Gasteiger charge is 2.43. The standard InChI is InChI=1S/C25H34N6/c1-16-11-27-30(2)25(16)23-5-6-24(29-28-23)26-12-18-9-21-14-31(15-22(21)10-18)13-20-8-17-3-4-19(20)7-17/h3-6,11,17-22H,7-10,12-15H2,1-2H3,(H,26,29)/t17?,18-,19?,20?,21+,22?/m1/s1. The van der Waals surface area contributed by atoms with Gasteiger partial charge in [-0.25, -0.2) is 0 Å². The number of nitrogens with one attached hydrogen (secondary N) is 1. The van der Waals surface area contributed by atoms with Gasteiger partial charge in [0.1, 0.15) is 11.5 Å². The quantitative estimate of drug-likeness (QED) is 0.724. The van der Waals surface area contributed by atoms with Crippen molar-refractivity contribution in [3.05, 3.63) is 36.0 Å². The van der Waals surface area contributed by atoms with Crippen molar-refractivity contribution < 1.29 is 0 Å². The number of aryl methyl sites for hydroxylation is 2. The zero-order chi connectivity index (χ0) is 20.9. The Labute approximate surface area is 185 Å². The van der Waals surface area contributed by atoms with Crippen LogP contribution in [-0.2, 0) is 7.05 Å². The Hall–Kier alpha value is -2.21. The summed E-state index contributed by atoms with van der Waals surface area (Å²) in [5, 5.41) is 16.7. The first kappa shape index (κ1) is 19.5. The number of fused-ring (bicyclic) bond motifs is 3. The number of anilines is 1. The van der Waals surface area contributed by atoms with Gasteiger partial charge in [0.25, 0.3) is 0 Å². The second-order valence-electron chi connectivity index (χ2n) is 10.6. The Balaban J connectivity index is 0.984. The van der Waals surface area contributed by atoms with Crippen LogP contribution in [0.1, 0.15) is 31.2 Å². The predicted molar refractivity (Wildman–Crippen MR) is 122 cm³/mol. The van der Waals surface area contributed by atoms with Gasteiger partial charge in [-0.15, -0.1) is 10.2 Å². The lowest BCUT2D eigenvalue weighted by Gasteiger charge is -2.26. The largest absolute Gasteiger partial charge is 0.368 e. The van der Waals surface area contributed by atoms with E-state index in [2.05, 4.69) is 50.7 Å². The van der Waals surface area contributed by atoms with Gasteiger partial charge in [-0.1, -0.05) is 12.2 Å². The van der Waals surface area contributed by atoms with Crippen molar-refractivity contribution in [1.82, 2.24) is 24.9 Å². The van der Waals surface area contributed by atoms with Crippen molar-refractivity contribution in [1.29, 1.82) is 0 Å². The van der Waals surface area contributed by atoms with Crippen molar-refractivity contribution in [3.63, 3.8) is 0 Å². The fourth-order valence-corrected chi connectivity index (χ4v) is 6.99. The van der Waals surface area contributed by atoms with Crippen molar-refractivity contribution >= 4 is 5.82 Å². The zero-order valence-electron chi connectivity index (χ0n) is 18.7. The summed E-state index contributed by atoms with van der Waals surface area (Å²) < 4.78 is 1.86. The van der Waals surface area contributed by atoms with Gasteiger partial charge in [0.05, 0.1) is 11.9 Å². The van der Waals surface area contributed by atoms with E-state index >= 15 is 0 Å².